The molecule has 0 fully saturated rings. The molecule has 0 radical (unpaired) electrons. The van der Waals surface area contributed by atoms with Crippen LogP contribution in [0, 0.1) is 0 Å². The molecule has 2 heterocycles. The number of fused-ring (bicyclic) bond motifs is 1. The topological polar surface area (TPSA) is 43.1 Å². The highest BCUT2D eigenvalue weighted by molar-refractivity contribution is 9.10. The molecule has 0 saturated heterocycles. The molecule has 11 heavy (non-hydrogen) atoms. The maximum atomic E-state index is 5.70. The van der Waals surface area contributed by atoms with E-state index >= 15 is 0 Å². The van der Waals surface area contributed by atoms with Gasteiger partial charge >= 0.3 is 0 Å². The van der Waals surface area contributed by atoms with Crippen LogP contribution in [0.4, 0.5) is 0 Å². The van der Waals surface area contributed by atoms with E-state index in [0.717, 1.165) is 4.47 Å². The van der Waals surface area contributed by atoms with E-state index in [4.69, 9.17) is 11.6 Å². The van der Waals surface area contributed by atoms with Crippen LogP contribution in [0.25, 0.3) is 5.65 Å². The SMILES string of the molecule is Clc1ncnc2c(Br)cnn12. The zero-order valence-corrected chi connectivity index (χ0v) is 7.54. The molecule has 2 aromatic rings. The molecule has 0 spiro atoms. The third kappa shape index (κ3) is 1.00. The fourth-order valence-corrected chi connectivity index (χ4v) is 1.29. The van der Waals surface area contributed by atoms with Gasteiger partial charge in [0.2, 0.25) is 5.28 Å². The van der Waals surface area contributed by atoms with Crippen LogP contribution in [0.3, 0.4) is 0 Å². The summed E-state index contributed by atoms with van der Waals surface area (Å²) in [6.07, 6.45) is 3.01. The molecule has 0 aliphatic carbocycles. The standard InChI is InChI=1S/C5H2BrClN4/c6-3-1-10-11-4(3)8-2-9-5(11)7/h1-2H. The molecule has 0 amide bonds. The molecular weight excluding hydrogens is 231 g/mol. The second-order valence-corrected chi connectivity index (χ2v) is 3.06. The van der Waals surface area contributed by atoms with Crippen LogP contribution in [0.2, 0.25) is 5.28 Å². The van der Waals surface area contributed by atoms with Crippen LogP contribution in [-0.4, -0.2) is 19.6 Å². The van der Waals surface area contributed by atoms with Crippen molar-refractivity contribution in [2.24, 2.45) is 0 Å². The number of nitrogens with zero attached hydrogens (tertiary/aromatic N) is 4. The van der Waals surface area contributed by atoms with Crippen LogP contribution >= 0.6 is 27.5 Å². The summed E-state index contributed by atoms with van der Waals surface area (Å²) >= 11 is 8.97. The first-order valence-electron chi connectivity index (χ1n) is 2.79. The number of halogens is 2. The average molecular weight is 233 g/mol. The molecule has 0 atom stereocenters. The lowest BCUT2D eigenvalue weighted by Crippen LogP contribution is -1.93. The van der Waals surface area contributed by atoms with E-state index in [9.17, 15) is 0 Å². The molecular formula is C5H2BrClN4. The zero-order chi connectivity index (χ0) is 7.84. The van der Waals surface area contributed by atoms with E-state index in [2.05, 4.69) is 31.0 Å². The highest BCUT2D eigenvalue weighted by atomic mass is 79.9. The third-order valence-corrected chi connectivity index (χ3v) is 2.04. The summed E-state index contributed by atoms with van der Waals surface area (Å²) in [4.78, 5) is 7.71. The van der Waals surface area contributed by atoms with Crippen molar-refractivity contribution in [1.29, 1.82) is 0 Å². The molecule has 4 nitrogen and oxygen atoms in total. The molecule has 0 aliphatic heterocycles. The van der Waals surface area contributed by atoms with E-state index in [1.807, 2.05) is 0 Å². The largest absolute Gasteiger partial charge is 0.227 e. The van der Waals surface area contributed by atoms with Gasteiger partial charge in [-0.25, -0.2) is 9.97 Å². The monoisotopic (exact) mass is 232 g/mol. The van der Waals surface area contributed by atoms with Gasteiger partial charge in [0, 0.05) is 0 Å². The van der Waals surface area contributed by atoms with Gasteiger partial charge in [-0.15, -0.1) is 0 Å². The Kier molecular flexibility index (Phi) is 1.54. The van der Waals surface area contributed by atoms with Crippen LogP contribution < -0.4 is 0 Å². The Hall–Kier alpha value is -0.680. The summed E-state index contributed by atoms with van der Waals surface area (Å²) in [7, 11) is 0. The summed E-state index contributed by atoms with van der Waals surface area (Å²) in [6.45, 7) is 0. The van der Waals surface area contributed by atoms with Crippen molar-refractivity contribution in [3.8, 4) is 0 Å². The van der Waals surface area contributed by atoms with E-state index < -0.39 is 0 Å². The highest BCUT2D eigenvalue weighted by Gasteiger charge is 2.04. The summed E-state index contributed by atoms with van der Waals surface area (Å²) in [5.41, 5.74) is 0.671. The van der Waals surface area contributed by atoms with E-state index in [1.165, 1.54) is 10.8 Å². The number of rotatable bonds is 0. The minimum Gasteiger partial charge on any atom is -0.216 e. The maximum Gasteiger partial charge on any atom is 0.227 e. The van der Waals surface area contributed by atoms with Crippen molar-refractivity contribution >= 4 is 33.2 Å². The Morgan fingerprint density at radius 3 is 3.00 bits per heavy atom. The lowest BCUT2D eigenvalue weighted by atomic mass is 10.7. The average Bonchev–Trinajstić information content (AvgIpc) is 2.35. The van der Waals surface area contributed by atoms with Gasteiger partial charge in [0.1, 0.15) is 6.33 Å². The molecule has 2 rings (SSSR count). The number of aromatic nitrogens is 4. The Balaban J connectivity index is 2.94. The van der Waals surface area contributed by atoms with Gasteiger partial charge in [0.05, 0.1) is 10.7 Å². The summed E-state index contributed by atoms with van der Waals surface area (Å²) in [5, 5.41) is 4.24. The lowest BCUT2D eigenvalue weighted by Gasteiger charge is -1.92. The third-order valence-electron chi connectivity index (χ3n) is 1.22. The fourth-order valence-electron chi connectivity index (χ4n) is 0.759. The Morgan fingerprint density at radius 2 is 2.27 bits per heavy atom. The van der Waals surface area contributed by atoms with Gasteiger partial charge in [-0.05, 0) is 27.5 Å². The second-order valence-electron chi connectivity index (χ2n) is 1.87. The van der Waals surface area contributed by atoms with Crippen LogP contribution in [0.15, 0.2) is 17.0 Å². The summed E-state index contributed by atoms with van der Waals surface area (Å²) in [5.74, 6) is 0. The van der Waals surface area contributed by atoms with Crippen LogP contribution in [0.1, 0.15) is 0 Å². The van der Waals surface area contributed by atoms with Gasteiger partial charge < -0.3 is 0 Å². The molecule has 0 saturated carbocycles. The Labute approximate surface area is 75.3 Å². The number of hydrogen-bond donors (Lipinski definition) is 0. The minimum atomic E-state index is 0.306. The van der Waals surface area contributed by atoms with Gasteiger partial charge in [0.25, 0.3) is 0 Å². The van der Waals surface area contributed by atoms with Crippen molar-refractivity contribution in [2.45, 2.75) is 0 Å². The van der Waals surface area contributed by atoms with Crippen molar-refractivity contribution in [2.75, 3.05) is 0 Å². The fraction of sp³-hybridized carbons (Fsp3) is 0. The first-order chi connectivity index (χ1) is 5.29. The quantitative estimate of drug-likeness (QED) is 0.693. The lowest BCUT2D eigenvalue weighted by molar-refractivity contribution is 0.892. The summed E-state index contributed by atoms with van der Waals surface area (Å²) in [6, 6.07) is 0. The van der Waals surface area contributed by atoms with Gasteiger partial charge in [-0.3, -0.25) is 0 Å². The minimum absolute atomic E-state index is 0.306. The second kappa shape index (κ2) is 2.42. The zero-order valence-electron chi connectivity index (χ0n) is 5.20. The first kappa shape index (κ1) is 7.00. The Morgan fingerprint density at radius 1 is 1.45 bits per heavy atom. The Bertz CT molecular complexity index is 398. The molecule has 2 aromatic heterocycles. The molecule has 56 valence electrons. The molecule has 6 heteroatoms. The van der Waals surface area contributed by atoms with Crippen molar-refractivity contribution in [1.82, 2.24) is 19.6 Å². The van der Waals surface area contributed by atoms with Crippen molar-refractivity contribution < 1.29 is 0 Å². The van der Waals surface area contributed by atoms with Crippen LogP contribution in [-0.2, 0) is 0 Å². The van der Waals surface area contributed by atoms with E-state index in [1.54, 1.807) is 6.20 Å². The van der Waals surface area contributed by atoms with Crippen molar-refractivity contribution in [3.05, 3.63) is 22.3 Å². The smallest absolute Gasteiger partial charge is 0.216 e. The summed E-state index contributed by atoms with van der Waals surface area (Å²) < 4.78 is 2.26. The first-order valence-corrected chi connectivity index (χ1v) is 3.96. The predicted molar refractivity (Wildman–Crippen MR) is 43.5 cm³/mol. The number of hydrogen-bond acceptors (Lipinski definition) is 3. The molecule has 0 aliphatic rings. The predicted octanol–water partition coefficient (Wildman–Crippen LogP) is 1.54. The van der Waals surface area contributed by atoms with E-state index in [-0.39, 0.29) is 0 Å². The van der Waals surface area contributed by atoms with E-state index in [0.29, 0.717) is 10.9 Å². The molecule has 0 bridgehead atoms. The normalized spacial score (nSPS) is 10.7. The molecule has 0 N–H and O–H groups in total. The highest BCUT2D eigenvalue weighted by Crippen LogP contribution is 2.16. The van der Waals surface area contributed by atoms with Gasteiger partial charge in [0.15, 0.2) is 5.65 Å². The molecule has 0 aromatic carbocycles. The molecule has 0 unspecified atom stereocenters. The van der Waals surface area contributed by atoms with Crippen LogP contribution in [0.5, 0.6) is 0 Å². The van der Waals surface area contributed by atoms with Gasteiger partial charge in [-0.2, -0.15) is 9.61 Å². The maximum absolute atomic E-state index is 5.70. The van der Waals surface area contributed by atoms with Crippen molar-refractivity contribution in [3.63, 3.8) is 0 Å². The van der Waals surface area contributed by atoms with Gasteiger partial charge in [-0.1, -0.05) is 0 Å².